The van der Waals surface area contributed by atoms with Crippen LogP contribution in [-0.4, -0.2) is 23.4 Å². The molecule has 0 spiro atoms. The molecule has 0 aliphatic heterocycles. The van der Waals surface area contributed by atoms with Crippen LogP contribution in [0.5, 0.6) is 0 Å². The maximum atomic E-state index is 11.9. The fraction of sp³-hybridized carbons (Fsp3) is 0.364. The zero-order valence-electron chi connectivity index (χ0n) is 10.3. The van der Waals surface area contributed by atoms with Crippen LogP contribution in [-0.2, 0) is 4.79 Å². The number of non-ortho nitro benzene ring substituents is 1. The molecule has 0 fully saturated rings. The maximum Gasteiger partial charge on any atom is 0.270 e. The van der Waals surface area contributed by atoms with Gasteiger partial charge in [-0.1, -0.05) is 0 Å². The van der Waals surface area contributed by atoms with E-state index in [0.717, 1.165) is 0 Å². The molecule has 18 heavy (non-hydrogen) atoms. The van der Waals surface area contributed by atoms with Gasteiger partial charge in [0.1, 0.15) is 0 Å². The number of hydrogen-bond acceptors (Lipinski definition) is 4. The Bertz CT molecular complexity index is 488. The third-order valence-corrected chi connectivity index (χ3v) is 3.26. The Morgan fingerprint density at radius 3 is 2.50 bits per heavy atom. The first-order valence-corrected chi connectivity index (χ1v) is 6.01. The van der Waals surface area contributed by atoms with Crippen molar-refractivity contribution in [3.8, 4) is 0 Å². The average Bonchev–Trinajstić information content (AvgIpc) is 2.31. The highest BCUT2D eigenvalue weighted by Gasteiger charge is 2.25. The first-order valence-electron chi connectivity index (χ1n) is 5.22. The minimum absolute atomic E-state index is 0.0345. The average molecular weight is 316 g/mol. The number of carbonyl (C=O) groups is 1. The van der Waals surface area contributed by atoms with E-state index in [2.05, 4.69) is 26.6 Å². The number of nitrogens with zero attached hydrogens (tertiary/aromatic N) is 1. The predicted molar refractivity (Wildman–Crippen MR) is 72.6 cm³/mol. The number of carbonyl (C=O) groups excluding carboxylic acids is 1. The van der Waals surface area contributed by atoms with E-state index in [-0.39, 0.29) is 11.6 Å². The molecule has 6 nitrogen and oxygen atoms in total. The molecule has 1 aromatic rings. The fourth-order valence-electron chi connectivity index (χ4n) is 1.11. The molecule has 0 aliphatic carbocycles. The van der Waals surface area contributed by atoms with E-state index in [1.165, 1.54) is 18.2 Å². The zero-order chi connectivity index (χ0) is 13.9. The molecule has 2 N–H and O–H groups in total. The topological polar surface area (TPSA) is 84.3 Å². The van der Waals surface area contributed by atoms with Gasteiger partial charge >= 0.3 is 0 Å². The molecule has 0 unspecified atom stereocenters. The first kappa shape index (κ1) is 14.6. The van der Waals surface area contributed by atoms with Gasteiger partial charge in [0.05, 0.1) is 16.1 Å². The summed E-state index contributed by atoms with van der Waals surface area (Å²) in [5, 5.41) is 16.2. The highest BCUT2D eigenvalue weighted by Crippen LogP contribution is 2.27. The predicted octanol–water partition coefficient (Wildman–Crippen LogP) is 2.29. The smallest absolute Gasteiger partial charge is 0.270 e. The van der Waals surface area contributed by atoms with E-state index in [1.54, 1.807) is 20.9 Å². The summed E-state index contributed by atoms with van der Waals surface area (Å²) in [6, 6.07) is 4.18. The summed E-state index contributed by atoms with van der Waals surface area (Å²) in [6.45, 7) is 3.48. The fourth-order valence-corrected chi connectivity index (χ4v) is 1.58. The molecule has 1 rings (SSSR count). The molecule has 0 saturated carbocycles. The summed E-state index contributed by atoms with van der Waals surface area (Å²) >= 11 is 3.19. The number of anilines is 1. The lowest BCUT2D eigenvalue weighted by Gasteiger charge is -2.23. The van der Waals surface area contributed by atoms with E-state index in [9.17, 15) is 14.9 Å². The van der Waals surface area contributed by atoms with Gasteiger partial charge in [-0.25, -0.2) is 0 Å². The highest BCUT2D eigenvalue weighted by atomic mass is 79.9. The summed E-state index contributed by atoms with van der Waals surface area (Å²) in [4.78, 5) is 22.0. The Morgan fingerprint density at radius 2 is 2.06 bits per heavy atom. The van der Waals surface area contributed by atoms with E-state index < -0.39 is 10.5 Å². The van der Waals surface area contributed by atoms with Crippen molar-refractivity contribution in [2.45, 2.75) is 19.4 Å². The number of nitro groups is 1. The maximum absolute atomic E-state index is 11.9. The number of benzene rings is 1. The molecule has 98 valence electrons. The Balaban J connectivity index is 2.93. The molecule has 7 heteroatoms. The van der Waals surface area contributed by atoms with E-state index >= 15 is 0 Å². The van der Waals surface area contributed by atoms with Crippen LogP contribution in [0.1, 0.15) is 13.8 Å². The third kappa shape index (κ3) is 3.27. The Labute approximate surface area is 113 Å². The van der Waals surface area contributed by atoms with Crippen molar-refractivity contribution in [1.29, 1.82) is 0 Å². The van der Waals surface area contributed by atoms with Gasteiger partial charge in [0.2, 0.25) is 5.91 Å². The molecule has 0 atom stereocenters. The lowest BCUT2D eigenvalue weighted by Crippen LogP contribution is -2.47. The zero-order valence-corrected chi connectivity index (χ0v) is 11.9. The number of hydrogen-bond donors (Lipinski definition) is 2. The molecule has 0 bridgehead atoms. The number of likely N-dealkylation sites (N-methyl/N-ethyl adjacent to an activating group) is 1. The summed E-state index contributed by atoms with van der Waals surface area (Å²) in [7, 11) is 1.68. The first-order chi connectivity index (χ1) is 8.27. The second kappa shape index (κ2) is 5.45. The van der Waals surface area contributed by atoms with Crippen LogP contribution in [0.3, 0.4) is 0 Å². The van der Waals surface area contributed by atoms with Gasteiger partial charge < -0.3 is 10.6 Å². The molecule has 1 aromatic carbocycles. The van der Waals surface area contributed by atoms with Crippen LogP contribution >= 0.6 is 15.9 Å². The van der Waals surface area contributed by atoms with Crippen LogP contribution in [0.25, 0.3) is 0 Å². The van der Waals surface area contributed by atoms with Crippen molar-refractivity contribution in [2.24, 2.45) is 0 Å². The summed E-state index contributed by atoms with van der Waals surface area (Å²) < 4.78 is 0.469. The van der Waals surface area contributed by atoms with E-state index in [4.69, 9.17) is 0 Å². The summed E-state index contributed by atoms with van der Waals surface area (Å²) in [6.07, 6.45) is 0. The van der Waals surface area contributed by atoms with Crippen molar-refractivity contribution >= 4 is 33.2 Å². The molecule has 0 heterocycles. The van der Waals surface area contributed by atoms with Crippen molar-refractivity contribution in [2.75, 3.05) is 12.4 Å². The van der Waals surface area contributed by atoms with Crippen LogP contribution in [0.2, 0.25) is 0 Å². The molecule has 1 amide bonds. The van der Waals surface area contributed by atoms with E-state index in [1.807, 2.05) is 0 Å². The Kier molecular flexibility index (Phi) is 4.42. The molecular formula is C11H14BrN3O3. The quantitative estimate of drug-likeness (QED) is 0.659. The number of halogens is 1. The standard InChI is InChI=1S/C11H14BrN3O3/c1-11(2,13-3)10(16)14-9-5-4-7(15(17)18)6-8(9)12/h4-6,13H,1-3H3,(H,14,16). The van der Waals surface area contributed by atoms with Crippen molar-refractivity contribution in [3.05, 3.63) is 32.8 Å². The third-order valence-electron chi connectivity index (χ3n) is 2.60. The second-order valence-electron chi connectivity index (χ2n) is 4.25. The normalized spacial score (nSPS) is 11.1. The number of rotatable bonds is 4. The Hall–Kier alpha value is -1.47. The second-order valence-corrected chi connectivity index (χ2v) is 5.10. The van der Waals surface area contributed by atoms with Crippen molar-refractivity contribution in [1.82, 2.24) is 5.32 Å². The van der Waals surface area contributed by atoms with Crippen LogP contribution in [0.15, 0.2) is 22.7 Å². The Morgan fingerprint density at radius 1 is 1.44 bits per heavy atom. The van der Waals surface area contributed by atoms with Gasteiger partial charge in [0.15, 0.2) is 0 Å². The van der Waals surface area contributed by atoms with Crippen LogP contribution in [0, 0.1) is 10.1 Å². The minimum Gasteiger partial charge on any atom is -0.323 e. The van der Waals surface area contributed by atoms with E-state index in [0.29, 0.717) is 10.2 Å². The number of nitrogens with one attached hydrogen (secondary N) is 2. The van der Waals surface area contributed by atoms with Gasteiger partial charge in [0.25, 0.3) is 5.69 Å². The van der Waals surface area contributed by atoms with Gasteiger partial charge in [-0.15, -0.1) is 0 Å². The molecular weight excluding hydrogens is 302 g/mol. The molecule has 0 radical (unpaired) electrons. The lowest BCUT2D eigenvalue weighted by atomic mass is 10.1. The largest absolute Gasteiger partial charge is 0.323 e. The molecule has 0 aliphatic rings. The number of amides is 1. The van der Waals surface area contributed by atoms with Crippen molar-refractivity contribution in [3.63, 3.8) is 0 Å². The van der Waals surface area contributed by atoms with Gasteiger partial charge in [-0.05, 0) is 42.9 Å². The minimum atomic E-state index is -0.721. The molecule has 0 saturated heterocycles. The summed E-state index contributed by atoms with van der Waals surface area (Å²) in [5.41, 5.74) is -0.261. The van der Waals surface area contributed by atoms with Gasteiger partial charge in [-0.2, -0.15) is 0 Å². The van der Waals surface area contributed by atoms with Crippen LogP contribution in [0.4, 0.5) is 11.4 Å². The van der Waals surface area contributed by atoms with Gasteiger partial charge in [0, 0.05) is 16.6 Å². The molecule has 0 aromatic heterocycles. The van der Waals surface area contributed by atoms with Crippen LogP contribution < -0.4 is 10.6 Å². The lowest BCUT2D eigenvalue weighted by molar-refractivity contribution is -0.384. The summed E-state index contributed by atoms with van der Waals surface area (Å²) in [5.74, 6) is -0.223. The highest BCUT2D eigenvalue weighted by molar-refractivity contribution is 9.10. The van der Waals surface area contributed by atoms with Crippen molar-refractivity contribution < 1.29 is 9.72 Å². The number of nitro benzene ring substituents is 1. The monoisotopic (exact) mass is 315 g/mol. The van der Waals surface area contributed by atoms with Gasteiger partial charge in [-0.3, -0.25) is 14.9 Å². The SMILES string of the molecule is CNC(C)(C)C(=O)Nc1ccc([N+](=O)[O-])cc1Br.